The van der Waals surface area contributed by atoms with E-state index in [2.05, 4.69) is 58.2 Å². The maximum atomic E-state index is 3.71. The van der Waals surface area contributed by atoms with Gasteiger partial charge in [0, 0.05) is 23.6 Å². The van der Waals surface area contributed by atoms with Crippen LogP contribution < -0.4 is 10.2 Å². The Bertz CT molecular complexity index is 372. The fourth-order valence-corrected chi connectivity index (χ4v) is 3.08. The summed E-state index contributed by atoms with van der Waals surface area (Å²) in [6.45, 7) is 7.75. The molecule has 1 saturated heterocycles. The summed E-state index contributed by atoms with van der Waals surface area (Å²) in [4.78, 5) is 2.46. The highest BCUT2D eigenvalue weighted by Gasteiger charge is 2.15. The van der Waals surface area contributed by atoms with E-state index in [-0.39, 0.29) is 0 Å². The number of nitrogens with one attached hydrogen (secondary N) is 1. The van der Waals surface area contributed by atoms with E-state index >= 15 is 0 Å². The Hall–Kier alpha value is -0.540. The monoisotopic (exact) mass is 296 g/mol. The second kappa shape index (κ2) is 5.87. The van der Waals surface area contributed by atoms with E-state index in [4.69, 9.17) is 0 Å². The Morgan fingerprint density at radius 3 is 2.65 bits per heavy atom. The van der Waals surface area contributed by atoms with Gasteiger partial charge < -0.3 is 10.2 Å². The van der Waals surface area contributed by atoms with Crippen molar-refractivity contribution in [2.75, 3.05) is 24.5 Å². The minimum Gasteiger partial charge on any atom is -0.371 e. The first-order valence-electron chi connectivity index (χ1n) is 6.50. The van der Waals surface area contributed by atoms with Gasteiger partial charge in [0.05, 0.1) is 5.69 Å². The lowest BCUT2D eigenvalue weighted by Gasteiger charge is -2.21. The summed E-state index contributed by atoms with van der Waals surface area (Å²) in [7, 11) is 0. The second-order valence-electron chi connectivity index (χ2n) is 4.68. The van der Waals surface area contributed by atoms with Gasteiger partial charge in [-0.15, -0.1) is 0 Å². The van der Waals surface area contributed by atoms with E-state index in [0.717, 1.165) is 6.54 Å². The molecule has 2 rings (SSSR count). The summed E-state index contributed by atoms with van der Waals surface area (Å²) in [5.74, 6) is 0. The van der Waals surface area contributed by atoms with Crippen molar-refractivity contribution in [3.63, 3.8) is 0 Å². The summed E-state index contributed by atoms with van der Waals surface area (Å²) < 4.78 is 1.22. The molecule has 1 fully saturated rings. The number of hydrogen-bond acceptors (Lipinski definition) is 2. The maximum Gasteiger partial charge on any atom is 0.0510 e. The smallest absolute Gasteiger partial charge is 0.0510 e. The van der Waals surface area contributed by atoms with Crippen molar-refractivity contribution in [3.05, 3.63) is 28.2 Å². The standard InChI is InChI=1S/C14H21BrN2/c1-3-16-11(2)12-6-7-14(13(15)10-12)17-8-4-5-9-17/h6-7,10-11,16H,3-5,8-9H2,1-2H3. The molecule has 1 atom stereocenters. The molecule has 0 saturated carbocycles. The molecule has 0 aromatic heterocycles. The van der Waals surface area contributed by atoms with Crippen LogP contribution in [0.25, 0.3) is 0 Å². The largest absolute Gasteiger partial charge is 0.371 e. The van der Waals surface area contributed by atoms with Gasteiger partial charge in [0.25, 0.3) is 0 Å². The topological polar surface area (TPSA) is 15.3 Å². The Morgan fingerprint density at radius 2 is 2.06 bits per heavy atom. The molecule has 0 spiro atoms. The Morgan fingerprint density at radius 1 is 1.35 bits per heavy atom. The zero-order valence-electron chi connectivity index (χ0n) is 10.7. The molecule has 17 heavy (non-hydrogen) atoms. The first-order chi connectivity index (χ1) is 8.22. The third-order valence-corrected chi connectivity index (χ3v) is 4.06. The fraction of sp³-hybridized carbons (Fsp3) is 0.571. The molecule has 3 heteroatoms. The lowest BCUT2D eigenvalue weighted by molar-refractivity contribution is 0.598. The van der Waals surface area contributed by atoms with Crippen LogP contribution in [0.2, 0.25) is 0 Å². The number of benzene rings is 1. The highest BCUT2D eigenvalue weighted by molar-refractivity contribution is 9.10. The van der Waals surface area contributed by atoms with Gasteiger partial charge in [0.2, 0.25) is 0 Å². The van der Waals surface area contributed by atoms with Crippen molar-refractivity contribution in [2.24, 2.45) is 0 Å². The van der Waals surface area contributed by atoms with Crippen LogP contribution in [0.15, 0.2) is 22.7 Å². The molecule has 1 aliphatic heterocycles. The number of halogens is 1. The third-order valence-electron chi connectivity index (χ3n) is 3.43. The highest BCUT2D eigenvalue weighted by atomic mass is 79.9. The van der Waals surface area contributed by atoms with Gasteiger partial charge in [-0.1, -0.05) is 13.0 Å². The van der Waals surface area contributed by atoms with Crippen LogP contribution in [-0.2, 0) is 0 Å². The van der Waals surface area contributed by atoms with E-state index in [1.807, 2.05) is 0 Å². The summed E-state index contributed by atoms with van der Waals surface area (Å²) >= 11 is 3.71. The molecule has 0 bridgehead atoms. The first kappa shape index (κ1) is 12.9. The average molecular weight is 297 g/mol. The van der Waals surface area contributed by atoms with Crippen LogP contribution in [0.1, 0.15) is 38.3 Å². The van der Waals surface area contributed by atoms with Crippen molar-refractivity contribution in [1.29, 1.82) is 0 Å². The predicted octanol–water partition coefficient (Wildman–Crippen LogP) is 3.72. The molecule has 1 aromatic rings. The highest BCUT2D eigenvalue weighted by Crippen LogP contribution is 2.31. The molecular formula is C14H21BrN2. The number of anilines is 1. The molecule has 1 aliphatic rings. The van der Waals surface area contributed by atoms with Gasteiger partial charge in [-0.25, -0.2) is 0 Å². The Kier molecular flexibility index (Phi) is 4.46. The number of rotatable bonds is 4. The summed E-state index contributed by atoms with van der Waals surface area (Å²) in [5, 5.41) is 3.44. The summed E-state index contributed by atoms with van der Waals surface area (Å²) in [6, 6.07) is 7.16. The quantitative estimate of drug-likeness (QED) is 0.911. The van der Waals surface area contributed by atoms with Gasteiger partial charge in [-0.05, 0) is 59.9 Å². The zero-order chi connectivity index (χ0) is 12.3. The van der Waals surface area contributed by atoms with Crippen molar-refractivity contribution < 1.29 is 0 Å². The average Bonchev–Trinajstić information content (AvgIpc) is 2.82. The molecule has 0 amide bonds. The van der Waals surface area contributed by atoms with Crippen LogP contribution in [0.3, 0.4) is 0 Å². The number of hydrogen-bond donors (Lipinski definition) is 1. The normalized spacial score (nSPS) is 17.5. The van der Waals surface area contributed by atoms with Crippen LogP contribution >= 0.6 is 15.9 Å². The van der Waals surface area contributed by atoms with Gasteiger partial charge in [-0.3, -0.25) is 0 Å². The van der Waals surface area contributed by atoms with Crippen LogP contribution in [0, 0.1) is 0 Å². The lowest BCUT2D eigenvalue weighted by Crippen LogP contribution is -2.20. The molecule has 2 nitrogen and oxygen atoms in total. The minimum absolute atomic E-state index is 0.420. The van der Waals surface area contributed by atoms with Gasteiger partial charge in [0.1, 0.15) is 0 Å². The van der Waals surface area contributed by atoms with Crippen molar-refractivity contribution in [3.8, 4) is 0 Å². The SMILES string of the molecule is CCNC(C)c1ccc(N2CCCC2)c(Br)c1. The molecule has 1 unspecified atom stereocenters. The molecular weight excluding hydrogens is 276 g/mol. The van der Waals surface area contributed by atoms with Crippen molar-refractivity contribution in [2.45, 2.75) is 32.7 Å². The first-order valence-corrected chi connectivity index (χ1v) is 7.29. The molecule has 0 radical (unpaired) electrons. The van der Waals surface area contributed by atoms with Crippen LogP contribution in [-0.4, -0.2) is 19.6 Å². The Balaban J connectivity index is 2.16. The maximum absolute atomic E-state index is 3.71. The van der Waals surface area contributed by atoms with E-state index in [9.17, 15) is 0 Å². The van der Waals surface area contributed by atoms with E-state index in [1.54, 1.807) is 0 Å². The lowest BCUT2D eigenvalue weighted by atomic mass is 10.1. The Labute approximate surface area is 113 Å². The predicted molar refractivity (Wildman–Crippen MR) is 77.7 cm³/mol. The number of nitrogens with zero attached hydrogens (tertiary/aromatic N) is 1. The summed E-state index contributed by atoms with van der Waals surface area (Å²) in [6.07, 6.45) is 2.64. The van der Waals surface area contributed by atoms with Crippen LogP contribution in [0.5, 0.6) is 0 Å². The molecule has 1 N–H and O–H groups in total. The van der Waals surface area contributed by atoms with E-state index in [1.165, 1.54) is 41.7 Å². The van der Waals surface area contributed by atoms with Crippen molar-refractivity contribution in [1.82, 2.24) is 5.32 Å². The van der Waals surface area contributed by atoms with Crippen LogP contribution in [0.4, 0.5) is 5.69 Å². The van der Waals surface area contributed by atoms with Gasteiger partial charge in [-0.2, -0.15) is 0 Å². The van der Waals surface area contributed by atoms with E-state index < -0.39 is 0 Å². The fourth-order valence-electron chi connectivity index (χ4n) is 2.43. The molecule has 94 valence electrons. The molecule has 1 aromatic carbocycles. The zero-order valence-corrected chi connectivity index (χ0v) is 12.3. The minimum atomic E-state index is 0.420. The second-order valence-corrected chi connectivity index (χ2v) is 5.54. The van der Waals surface area contributed by atoms with Crippen molar-refractivity contribution >= 4 is 21.6 Å². The van der Waals surface area contributed by atoms with Gasteiger partial charge >= 0.3 is 0 Å². The third kappa shape index (κ3) is 3.02. The van der Waals surface area contributed by atoms with E-state index in [0.29, 0.717) is 6.04 Å². The summed E-state index contributed by atoms with van der Waals surface area (Å²) in [5.41, 5.74) is 2.69. The van der Waals surface area contributed by atoms with Gasteiger partial charge in [0.15, 0.2) is 0 Å². The molecule has 0 aliphatic carbocycles. The molecule has 1 heterocycles.